The fourth-order valence-electron chi connectivity index (χ4n) is 6.50. The SMILES string of the molecule is Nc1nn2cc(F)cnc2c1C(=O)Nc1cnccc1C1CCN(C(=O)C23CCC(CC2)CC3)CC1. The van der Waals surface area contributed by atoms with Gasteiger partial charge < -0.3 is 16.0 Å². The predicted molar refractivity (Wildman–Crippen MR) is 132 cm³/mol. The molecule has 10 heteroatoms. The van der Waals surface area contributed by atoms with Crippen molar-refractivity contribution in [3.05, 3.63) is 47.8 Å². The number of hydrogen-bond donors (Lipinski definition) is 2. The Balaban J connectivity index is 1.17. The Hall–Kier alpha value is -3.56. The molecule has 0 aromatic carbocycles. The highest BCUT2D eigenvalue weighted by atomic mass is 19.1. The highest BCUT2D eigenvalue weighted by molar-refractivity contribution is 6.11. The van der Waals surface area contributed by atoms with Crippen LogP contribution < -0.4 is 11.1 Å². The summed E-state index contributed by atoms with van der Waals surface area (Å²) in [5.74, 6) is 0.301. The van der Waals surface area contributed by atoms with E-state index in [2.05, 4.69) is 25.3 Å². The van der Waals surface area contributed by atoms with E-state index in [4.69, 9.17) is 5.73 Å². The van der Waals surface area contributed by atoms with Crippen molar-refractivity contribution in [1.82, 2.24) is 24.5 Å². The van der Waals surface area contributed by atoms with Gasteiger partial charge >= 0.3 is 0 Å². The first-order valence-electron chi connectivity index (χ1n) is 12.8. The number of halogens is 1. The van der Waals surface area contributed by atoms with E-state index in [1.165, 1.54) is 19.3 Å². The van der Waals surface area contributed by atoms with Gasteiger partial charge in [-0.05, 0) is 74.8 Å². The molecule has 3 aromatic heterocycles. The molecule has 9 nitrogen and oxygen atoms in total. The Bertz CT molecular complexity index is 1310. The van der Waals surface area contributed by atoms with Gasteiger partial charge in [-0.2, -0.15) is 0 Å². The molecule has 1 saturated heterocycles. The molecule has 7 rings (SSSR count). The minimum atomic E-state index is -0.577. The number of piperidine rings is 1. The average molecular weight is 492 g/mol. The van der Waals surface area contributed by atoms with Gasteiger partial charge in [0.1, 0.15) is 5.56 Å². The van der Waals surface area contributed by atoms with Gasteiger partial charge in [0.2, 0.25) is 5.91 Å². The number of fused-ring (bicyclic) bond motifs is 4. The third kappa shape index (κ3) is 3.88. The Kier molecular flexibility index (Phi) is 5.61. The van der Waals surface area contributed by atoms with Crippen molar-refractivity contribution >= 4 is 29.0 Å². The van der Waals surface area contributed by atoms with Gasteiger partial charge in [0.15, 0.2) is 17.3 Å². The van der Waals surface area contributed by atoms with Crippen LogP contribution in [0.3, 0.4) is 0 Å². The molecule has 2 amide bonds. The maximum atomic E-state index is 13.5. The largest absolute Gasteiger partial charge is 0.381 e. The number of carbonyl (C=O) groups is 2. The zero-order chi connectivity index (χ0) is 24.9. The van der Waals surface area contributed by atoms with E-state index >= 15 is 0 Å². The number of nitrogens with zero attached hydrogens (tertiary/aromatic N) is 5. The normalized spacial score (nSPS) is 24.2. The van der Waals surface area contributed by atoms with E-state index in [0.717, 1.165) is 73.6 Å². The number of nitrogens with one attached hydrogen (secondary N) is 1. The summed E-state index contributed by atoms with van der Waals surface area (Å²) < 4.78 is 14.7. The Labute approximate surface area is 208 Å². The Morgan fingerprint density at radius 2 is 1.81 bits per heavy atom. The van der Waals surface area contributed by atoms with Gasteiger partial charge in [-0.25, -0.2) is 13.9 Å². The molecule has 0 spiro atoms. The first kappa shape index (κ1) is 22.9. The fraction of sp³-hybridized carbons (Fsp3) is 0.500. The van der Waals surface area contributed by atoms with Crippen LogP contribution in [-0.2, 0) is 4.79 Å². The van der Waals surface area contributed by atoms with Crippen LogP contribution in [0.2, 0.25) is 0 Å². The topological polar surface area (TPSA) is 119 Å². The summed E-state index contributed by atoms with van der Waals surface area (Å²) >= 11 is 0. The minimum Gasteiger partial charge on any atom is -0.381 e. The highest BCUT2D eigenvalue weighted by Crippen LogP contribution is 2.51. The summed E-state index contributed by atoms with van der Waals surface area (Å²) in [5, 5.41) is 6.92. The molecule has 2 bridgehead atoms. The maximum Gasteiger partial charge on any atom is 0.263 e. The zero-order valence-corrected chi connectivity index (χ0v) is 20.1. The summed E-state index contributed by atoms with van der Waals surface area (Å²) in [7, 11) is 0. The van der Waals surface area contributed by atoms with Crippen molar-refractivity contribution < 1.29 is 14.0 Å². The molecule has 0 radical (unpaired) electrons. The summed E-state index contributed by atoms with van der Waals surface area (Å²) in [6.07, 6.45) is 13.9. The van der Waals surface area contributed by atoms with E-state index in [9.17, 15) is 14.0 Å². The average Bonchev–Trinajstić information content (AvgIpc) is 3.24. The molecule has 4 fully saturated rings. The third-order valence-electron chi connectivity index (χ3n) is 8.57. The summed E-state index contributed by atoms with van der Waals surface area (Å²) in [4.78, 5) is 36.9. The van der Waals surface area contributed by atoms with E-state index in [1.54, 1.807) is 12.4 Å². The smallest absolute Gasteiger partial charge is 0.263 e. The molecule has 0 unspecified atom stereocenters. The number of nitrogen functional groups attached to an aromatic ring is 1. The van der Waals surface area contributed by atoms with E-state index in [0.29, 0.717) is 11.6 Å². The maximum absolute atomic E-state index is 13.5. The molecule has 3 N–H and O–H groups in total. The van der Waals surface area contributed by atoms with Crippen molar-refractivity contribution in [2.24, 2.45) is 11.3 Å². The van der Waals surface area contributed by atoms with Gasteiger partial charge in [-0.1, -0.05) is 0 Å². The number of likely N-dealkylation sites (tertiary alicyclic amines) is 1. The first-order chi connectivity index (χ1) is 17.4. The number of amides is 2. The second-order valence-corrected chi connectivity index (χ2v) is 10.5. The molecular weight excluding hydrogens is 461 g/mol. The van der Waals surface area contributed by atoms with Crippen LogP contribution in [0, 0.1) is 17.2 Å². The van der Waals surface area contributed by atoms with Crippen molar-refractivity contribution in [1.29, 1.82) is 0 Å². The third-order valence-corrected chi connectivity index (χ3v) is 8.57. The first-order valence-corrected chi connectivity index (χ1v) is 12.8. The van der Waals surface area contributed by atoms with Gasteiger partial charge in [-0.3, -0.25) is 14.6 Å². The summed E-state index contributed by atoms with van der Waals surface area (Å²) in [6.45, 7) is 1.45. The molecule has 0 atom stereocenters. The van der Waals surface area contributed by atoms with Crippen LogP contribution in [0.4, 0.5) is 15.9 Å². The number of anilines is 2. The lowest BCUT2D eigenvalue weighted by Gasteiger charge is -2.48. The number of aromatic nitrogens is 4. The van der Waals surface area contributed by atoms with Crippen LogP contribution in [-0.4, -0.2) is 49.4 Å². The predicted octanol–water partition coefficient (Wildman–Crippen LogP) is 3.77. The molecule has 188 valence electrons. The van der Waals surface area contributed by atoms with Crippen molar-refractivity contribution in [3.63, 3.8) is 0 Å². The monoisotopic (exact) mass is 491 g/mol. The zero-order valence-electron chi connectivity index (χ0n) is 20.1. The lowest BCUT2D eigenvalue weighted by Crippen LogP contribution is -2.50. The van der Waals surface area contributed by atoms with Gasteiger partial charge in [0.25, 0.3) is 5.91 Å². The molecule has 4 aliphatic rings. The molecule has 1 aliphatic heterocycles. The van der Waals surface area contributed by atoms with Gasteiger partial charge in [0, 0.05) is 24.7 Å². The second-order valence-electron chi connectivity index (χ2n) is 10.5. The standard InChI is InChI=1S/C26H30FN7O2/c27-18-13-30-23-21(22(28)32-34(23)15-18)24(35)31-20-14-29-10-4-19(20)17-5-11-33(12-6-17)25(36)26-7-1-16(2-8-26)3-9-26/h4,10,13-17H,1-3,5-9,11-12H2,(H2,28,32)(H,31,35). The quantitative estimate of drug-likeness (QED) is 0.574. The van der Waals surface area contributed by atoms with Crippen LogP contribution >= 0.6 is 0 Å². The van der Waals surface area contributed by atoms with Crippen LogP contribution in [0.15, 0.2) is 30.9 Å². The molecule has 36 heavy (non-hydrogen) atoms. The highest BCUT2D eigenvalue weighted by Gasteiger charge is 2.47. The minimum absolute atomic E-state index is 0.0287. The lowest BCUT2D eigenvalue weighted by atomic mass is 9.60. The number of hydrogen-bond acceptors (Lipinski definition) is 6. The molecule has 4 heterocycles. The number of pyridine rings is 1. The fourth-order valence-corrected chi connectivity index (χ4v) is 6.50. The number of carbonyl (C=O) groups excluding carboxylic acids is 2. The molecule has 3 saturated carbocycles. The van der Waals surface area contributed by atoms with Crippen molar-refractivity contribution in [3.8, 4) is 0 Å². The van der Waals surface area contributed by atoms with Crippen LogP contribution in [0.25, 0.3) is 5.65 Å². The summed E-state index contributed by atoms with van der Waals surface area (Å²) in [5.41, 5.74) is 7.69. The van der Waals surface area contributed by atoms with Crippen molar-refractivity contribution in [2.45, 2.75) is 57.3 Å². The lowest BCUT2D eigenvalue weighted by molar-refractivity contribution is -0.149. The Morgan fingerprint density at radius 1 is 1.08 bits per heavy atom. The van der Waals surface area contributed by atoms with Crippen LogP contribution in [0.1, 0.15) is 73.2 Å². The van der Waals surface area contributed by atoms with Gasteiger partial charge in [0.05, 0.1) is 24.3 Å². The second kappa shape index (κ2) is 8.83. The Morgan fingerprint density at radius 3 is 2.53 bits per heavy atom. The van der Waals surface area contributed by atoms with E-state index < -0.39 is 11.7 Å². The van der Waals surface area contributed by atoms with Gasteiger partial charge in [-0.15, -0.1) is 5.10 Å². The number of rotatable bonds is 4. The molecule has 3 aliphatic carbocycles. The molecular formula is C26H30FN7O2. The van der Waals surface area contributed by atoms with E-state index in [1.807, 2.05) is 6.07 Å². The molecule has 3 aromatic rings. The summed E-state index contributed by atoms with van der Waals surface area (Å²) in [6, 6.07) is 1.92. The van der Waals surface area contributed by atoms with Crippen molar-refractivity contribution in [2.75, 3.05) is 24.1 Å². The van der Waals surface area contributed by atoms with E-state index in [-0.39, 0.29) is 28.4 Å². The van der Waals surface area contributed by atoms with Crippen LogP contribution in [0.5, 0.6) is 0 Å². The number of nitrogens with two attached hydrogens (primary N) is 1.